The second-order valence-electron chi connectivity index (χ2n) is 2.14. The number of aromatic nitrogens is 2. The van der Waals surface area contributed by atoms with Crippen molar-refractivity contribution in [3.05, 3.63) is 17.3 Å². The Morgan fingerprint density at radius 1 is 1.42 bits per heavy atom. The van der Waals surface area contributed by atoms with E-state index in [1.165, 1.54) is 0 Å². The number of thioether (sulfide) groups is 1. The van der Waals surface area contributed by atoms with Crippen LogP contribution in [0, 0.1) is 0 Å². The quantitative estimate of drug-likeness (QED) is 0.541. The van der Waals surface area contributed by atoms with E-state index in [-0.39, 0.29) is 0 Å². The molecule has 0 aliphatic carbocycles. The van der Waals surface area contributed by atoms with Gasteiger partial charge in [-0.2, -0.15) is 0 Å². The lowest BCUT2D eigenvalue weighted by Gasteiger charge is -1.85. The molecule has 2 rings (SSSR count). The second-order valence-corrected chi connectivity index (χ2v) is 4.61. The highest BCUT2D eigenvalue weighted by Gasteiger charge is 2.03. The Labute approximate surface area is 83.0 Å². The van der Waals surface area contributed by atoms with E-state index < -0.39 is 0 Å². The minimum Gasteiger partial charge on any atom is -0.215 e. The van der Waals surface area contributed by atoms with Gasteiger partial charge in [0, 0.05) is 0 Å². The zero-order valence-corrected chi connectivity index (χ0v) is 8.63. The van der Waals surface area contributed by atoms with Crippen molar-refractivity contribution in [3.63, 3.8) is 0 Å². The van der Waals surface area contributed by atoms with Crippen LogP contribution in [0.15, 0.2) is 16.5 Å². The van der Waals surface area contributed by atoms with Crippen molar-refractivity contribution < 1.29 is 0 Å². The highest BCUT2D eigenvalue weighted by molar-refractivity contribution is 8.00. The Morgan fingerprint density at radius 3 is 3.00 bits per heavy atom. The van der Waals surface area contributed by atoms with Gasteiger partial charge in [-0.15, -0.1) is 11.3 Å². The van der Waals surface area contributed by atoms with Gasteiger partial charge in [0.2, 0.25) is 0 Å². The maximum absolute atomic E-state index is 5.72. The zero-order valence-electron chi connectivity index (χ0n) is 6.24. The molecule has 2 heterocycles. The smallest absolute Gasteiger partial charge is 0.173 e. The fourth-order valence-corrected chi connectivity index (χ4v) is 2.43. The molecule has 0 fully saturated rings. The van der Waals surface area contributed by atoms with Crippen LogP contribution in [-0.2, 0) is 0 Å². The maximum Gasteiger partial charge on any atom is 0.173 e. The van der Waals surface area contributed by atoms with Crippen molar-refractivity contribution in [3.8, 4) is 0 Å². The summed E-state index contributed by atoms with van der Waals surface area (Å²) in [7, 11) is 0. The van der Waals surface area contributed by atoms with E-state index in [1.54, 1.807) is 29.2 Å². The molecule has 2 aromatic heterocycles. The number of thiazole rings is 1. The number of hydrogen-bond acceptors (Lipinski definition) is 4. The molecule has 0 amide bonds. The van der Waals surface area contributed by atoms with E-state index in [0.717, 1.165) is 14.7 Å². The number of pyridine rings is 1. The fraction of sp³-hybridized carbons (Fsp3) is 0.143. The van der Waals surface area contributed by atoms with Crippen LogP contribution in [0.1, 0.15) is 0 Å². The van der Waals surface area contributed by atoms with Gasteiger partial charge in [-0.25, -0.2) is 9.97 Å². The summed E-state index contributed by atoms with van der Waals surface area (Å²) in [6, 6.07) is 3.73. The zero-order chi connectivity index (χ0) is 8.55. The molecule has 0 N–H and O–H groups in total. The van der Waals surface area contributed by atoms with Crippen molar-refractivity contribution in [2.45, 2.75) is 4.34 Å². The molecule has 0 saturated heterocycles. The molecule has 62 valence electrons. The molecule has 0 radical (unpaired) electrons. The number of fused-ring (bicyclic) bond motifs is 1. The molecule has 2 nitrogen and oxygen atoms in total. The van der Waals surface area contributed by atoms with Gasteiger partial charge < -0.3 is 0 Å². The van der Waals surface area contributed by atoms with E-state index >= 15 is 0 Å². The van der Waals surface area contributed by atoms with Crippen molar-refractivity contribution in [2.24, 2.45) is 0 Å². The van der Waals surface area contributed by atoms with Gasteiger partial charge in [0.05, 0.1) is 4.70 Å². The molecule has 0 spiro atoms. The Balaban J connectivity index is 2.67. The first kappa shape index (κ1) is 8.29. The van der Waals surface area contributed by atoms with Crippen molar-refractivity contribution in [1.29, 1.82) is 0 Å². The molecular formula is C7H5ClN2S2. The average molecular weight is 217 g/mol. The van der Waals surface area contributed by atoms with Gasteiger partial charge in [-0.05, 0) is 18.4 Å². The molecular weight excluding hydrogens is 212 g/mol. The normalized spacial score (nSPS) is 10.8. The summed E-state index contributed by atoms with van der Waals surface area (Å²) in [5.41, 5.74) is 0.747. The summed E-state index contributed by atoms with van der Waals surface area (Å²) in [6.45, 7) is 0. The van der Waals surface area contributed by atoms with Crippen molar-refractivity contribution >= 4 is 45.0 Å². The topological polar surface area (TPSA) is 25.8 Å². The summed E-state index contributed by atoms with van der Waals surface area (Å²) in [5.74, 6) is 0. The van der Waals surface area contributed by atoms with E-state index in [2.05, 4.69) is 9.97 Å². The summed E-state index contributed by atoms with van der Waals surface area (Å²) < 4.78 is 2.11. The first-order valence-corrected chi connectivity index (χ1v) is 5.68. The summed E-state index contributed by atoms with van der Waals surface area (Å²) >= 11 is 8.98. The minimum absolute atomic E-state index is 0.500. The van der Waals surface area contributed by atoms with Crippen molar-refractivity contribution in [2.75, 3.05) is 6.26 Å². The van der Waals surface area contributed by atoms with E-state index in [0.29, 0.717) is 5.15 Å². The molecule has 0 unspecified atom stereocenters. The van der Waals surface area contributed by atoms with Gasteiger partial charge in [-0.1, -0.05) is 23.4 Å². The largest absolute Gasteiger partial charge is 0.215 e. The van der Waals surface area contributed by atoms with Crippen LogP contribution < -0.4 is 0 Å². The lowest BCUT2D eigenvalue weighted by molar-refractivity contribution is 1.24. The number of halogens is 1. The number of nitrogens with zero attached hydrogens (tertiary/aromatic N) is 2. The maximum atomic E-state index is 5.72. The van der Waals surface area contributed by atoms with Crippen LogP contribution in [0.5, 0.6) is 0 Å². The standard InChI is InChI=1S/C7H5ClN2S2/c1-11-7-10-6-4(12-7)2-3-5(8)9-6/h2-3H,1H3. The third-order valence-electron chi connectivity index (χ3n) is 1.37. The molecule has 0 atom stereocenters. The fourth-order valence-electron chi connectivity index (χ4n) is 0.863. The first-order valence-electron chi connectivity index (χ1n) is 3.26. The van der Waals surface area contributed by atoms with Crippen LogP contribution in [0.2, 0.25) is 5.15 Å². The number of rotatable bonds is 1. The molecule has 0 bridgehead atoms. The molecule has 0 saturated carbocycles. The van der Waals surface area contributed by atoms with Gasteiger partial charge in [0.25, 0.3) is 0 Å². The molecule has 5 heteroatoms. The van der Waals surface area contributed by atoms with Crippen LogP contribution in [0.3, 0.4) is 0 Å². The summed E-state index contributed by atoms with van der Waals surface area (Å²) in [6.07, 6.45) is 2.00. The lowest BCUT2D eigenvalue weighted by Crippen LogP contribution is -1.75. The highest BCUT2D eigenvalue weighted by atomic mass is 35.5. The molecule has 0 aromatic carbocycles. The van der Waals surface area contributed by atoms with Gasteiger partial charge in [0.15, 0.2) is 9.99 Å². The van der Waals surface area contributed by atoms with Gasteiger partial charge in [0.1, 0.15) is 5.15 Å². The third-order valence-corrected chi connectivity index (χ3v) is 3.58. The van der Waals surface area contributed by atoms with E-state index in [1.807, 2.05) is 12.3 Å². The highest BCUT2D eigenvalue weighted by Crippen LogP contribution is 2.27. The first-order chi connectivity index (χ1) is 5.79. The Hall–Kier alpha value is -0.320. The van der Waals surface area contributed by atoms with Crippen molar-refractivity contribution in [1.82, 2.24) is 9.97 Å². The Morgan fingerprint density at radius 2 is 2.25 bits per heavy atom. The Bertz CT molecular complexity index is 413. The van der Waals surface area contributed by atoms with E-state index in [4.69, 9.17) is 11.6 Å². The molecule has 0 aliphatic rings. The van der Waals surface area contributed by atoms with E-state index in [9.17, 15) is 0 Å². The number of hydrogen-bond donors (Lipinski definition) is 0. The second kappa shape index (κ2) is 3.20. The lowest BCUT2D eigenvalue weighted by atomic mass is 10.5. The van der Waals surface area contributed by atoms with Crippen LogP contribution in [0.25, 0.3) is 10.3 Å². The minimum atomic E-state index is 0.500. The Kier molecular flexibility index (Phi) is 2.21. The predicted octanol–water partition coefficient (Wildman–Crippen LogP) is 3.07. The molecule has 2 aromatic rings. The SMILES string of the molecule is CSc1nc2nc(Cl)ccc2s1. The summed E-state index contributed by atoms with van der Waals surface area (Å²) in [4.78, 5) is 8.37. The van der Waals surface area contributed by atoms with Gasteiger partial charge in [-0.3, -0.25) is 0 Å². The predicted molar refractivity (Wildman–Crippen MR) is 54.2 cm³/mol. The average Bonchev–Trinajstić information content (AvgIpc) is 2.46. The van der Waals surface area contributed by atoms with Crippen LogP contribution in [-0.4, -0.2) is 16.2 Å². The van der Waals surface area contributed by atoms with Crippen LogP contribution in [0.4, 0.5) is 0 Å². The third kappa shape index (κ3) is 1.42. The summed E-state index contributed by atoms with van der Waals surface area (Å²) in [5, 5.41) is 0.500. The molecule has 0 aliphatic heterocycles. The van der Waals surface area contributed by atoms with Crippen LogP contribution >= 0.6 is 34.7 Å². The van der Waals surface area contributed by atoms with Gasteiger partial charge >= 0.3 is 0 Å². The monoisotopic (exact) mass is 216 g/mol. The molecule has 12 heavy (non-hydrogen) atoms.